The molecule has 12 heteroatoms. The molecule has 1 N–H and O–H groups in total. The second kappa shape index (κ2) is 8.60. The van der Waals surface area contributed by atoms with Crippen molar-refractivity contribution in [1.82, 2.24) is 9.88 Å². The van der Waals surface area contributed by atoms with Gasteiger partial charge in [-0.3, -0.25) is 4.79 Å². The lowest BCUT2D eigenvalue weighted by molar-refractivity contribution is -0.405. The maximum Gasteiger partial charge on any atom is 0.500 e. The van der Waals surface area contributed by atoms with E-state index >= 15 is 0 Å². The molecule has 1 aliphatic carbocycles. The predicted molar refractivity (Wildman–Crippen MR) is 116 cm³/mol. The van der Waals surface area contributed by atoms with E-state index in [1.54, 1.807) is 25.3 Å². The van der Waals surface area contributed by atoms with E-state index in [1.165, 1.54) is 17.0 Å². The molecule has 34 heavy (non-hydrogen) atoms. The first kappa shape index (κ1) is 23.5. The van der Waals surface area contributed by atoms with E-state index in [1.807, 2.05) is 0 Å². The van der Waals surface area contributed by atoms with Gasteiger partial charge in [-0.2, -0.15) is 27.4 Å². The van der Waals surface area contributed by atoms with Crippen molar-refractivity contribution in [2.75, 3.05) is 19.4 Å². The van der Waals surface area contributed by atoms with Crippen LogP contribution in [0.3, 0.4) is 0 Å². The molecule has 1 aliphatic heterocycles. The first-order valence-electron chi connectivity index (χ1n) is 9.89. The highest BCUT2D eigenvalue weighted by molar-refractivity contribution is 7.14. The highest BCUT2D eigenvalue weighted by atomic mass is 32.1. The fraction of sp³-hybridized carbons (Fsp3) is 0.227. The molecule has 7 nitrogen and oxygen atoms in total. The first-order chi connectivity index (χ1) is 16.0. The number of fused-ring (bicyclic) bond motifs is 1. The summed E-state index contributed by atoms with van der Waals surface area (Å²) in [5.41, 5.74) is -0.0777. The zero-order chi connectivity index (χ0) is 24.8. The predicted octanol–water partition coefficient (Wildman–Crippen LogP) is 4.08. The molecule has 0 spiro atoms. The summed E-state index contributed by atoms with van der Waals surface area (Å²) in [6.07, 6.45) is -0.0192. The smallest absolute Gasteiger partial charge is 0.302 e. The van der Waals surface area contributed by atoms with Gasteiger partial charge < -0.3 is 5.32 Å². The summed E-state index contributed by atoms with van der Waals surface area (Å²) >= 11 is 1.02. The number of alkyl halides is 3. The van der Waals surface area contributed by atoms with Gasteiger partial charge in [0.2, 0.25) is 5.91 Å². The molecule has 2 aliphatic rings. The number of amides is 4. The van der Waals surface area contributed by atoms with E-state index in [0.29, 0.717) is 17.4 Å². The summed E-state index contributed by atoms with van der Waals surface area (Å²) in [6.45, 7) is 0. The van der Waals surface area contributed by atoms with Gasteiger partial charge >= 0.3 is 18.1 Å². The number of halogens is 4. The Morgan fingerprint density at radius 2 is 2.03 bits per heavy atom. The average Bonchev–Trinajstić information content (AvgIpc) is 3.23. The average molecular weight is 493 g/mol. The second-order valence-electron chi connectivity index (χ2n) is 7.65. The number of aromatic nitrogens is 1. The Labute approximate surface area is 194 Å². The summed E-state index contributed by atoms with van der Waals surface area (Å²) in [5.74, 6) is -3.11. The van der Waals surface area contributed by atoms with Crippen molar-refractivity contribution in [3.05, 3.63) is 58.8 Å². The summed E-state index contributed by atoms with van der Waals surface area (Å²) < 4.78 is 53.5. The number of hydrogen-bond donors (Lipinski definition) is 1. The number of benzene rings is 1. The molecule has 1 aromatic carbocycles. The molecule has 1 atom stereocenters. The number of rotatable bonds is 4. The second-order valence-corrected chi connectivity index (χ2v) is 8.51. The molecule has 0 bridgehead atoms. The third-order valence-electron chi connectivity index (χ3n) is 5.47. The van der Waals surface area contributed by atoms with Crippen LogP contribution in [0.2, 0.25) is 0 Å². The maximum atomic E-state index is 13.9. The molecular formula is C22H17F4N4O3S+. The monoisotopic (exact) mass is 493 g/mol. The highest BCUT2D eigenvalue weighted by Crippen LogP contribution is 2.34. The molecule has 4 rings (SSSR count). The topological polar surface area (TPSA) is 82.4 Å². The number of anilines is 1. The Bertz CT molecular complexity index is 1310. The van der Waals surface area contributed by atoms with Gasteiger partial charge in [0.25, 0.3) is 0 Å². The molecule has 2 heterocycles. The molecule has 2 aromatic rings. The van der Waals surface area contributed by atoms with Crippen LogP contribution in [0, 0.1) is 11.7 Å². The van der Waals surface area contributed by atoms with Crippen molar-refractivity contribution >= 4 is 40.0 Å². The molecule has 1 aromatic heterocycles. The lowest BCUT2D eigenvalue weighted by Crippen LogP contribution is -2.52. The third-order valence-corrected chi connectivity index (χ3v) is 6.23. The van der Waals surface area contributed by atoms with Crippen LogP contribution in [0.25, 0.3) is 11.3 Å². The minimum Gasteiger partial charge on any atom is -0.302 e. The van der Waals surface area contributed by atoms with Crippen molar-refractivity contribution in [2.24, 2.45) is 5.92 Å². The van der Waals surface area contributed by atoms with E-state index in [0.717, 1.165) is 28.4 Å². The van der Waals surface area contributed by atoms with Gasteiger partial charge in [0.05, 0.1) is 25.4 Å². The quantitative estimate of drug-likeness (QED) is 0.514. The molecular weight excluding hydrogens is 476 g/mol. The number of imide groups is 1. The normalized spacial score (nSPS) is 18.2. The van der Waals surface area contributed by atoms with Gasteiger partial charge in [-0.05, 0) is 23.8 Å². The Hall–Kier alpha value is -3.67. The summed E-state index contributed by atoms with van der Waals surface area (Å²) in [4.78, 5) is 42.6. The molecule has 0 radical (unpaired) electrons. The molecule has 4 amide bonds. The lowest BCUT2D eigenvalue weighted by Gasteiger charge is -2.27. The van der Waals surface area contributed by atoms with Crippen molar-refractivity contribution < 1.29 is 36.5 Å². The van der Waals surface area contributed by atoms with E-state index in [2.05, 4.69) is 10.3 Å². The highest BCUT2D eigenvalue weighted by Gasteiger charge is 2.46. The van der Waals surface area contributed by atoms with E-state index < -0.39 is 41.3 Å². The Balaban J connectivity index is 1.48. The van der Waals surface area contributed by atoms with Crippen molar-refractivity contribution in [2.45, 2.75) is 12.6 Å². The van der Waals surface area contributed by atoms with Crippen LogP contribution in [-0.4, -0.2) is 52.1 Å². The van der Waals surface area contributed by atoms with E-state index in [-0.39, 0.29) is 22.8 Å². The number of thiazole rings is 1. The number of allylic oxidation sites excluding steroid dienone is 3. The van der Waals surface area contributed by atoms with Gasteiger partial charge in [-0.15, -0.1) is 11.3 Å². The minimum absolute atomic E-state index is 0.130. The standard InChI is InChI=1S/C22H16F4N4O3S/c1-29-16-5-3-4-12(18(16)19(32)30(2)21(29)33)9-17(31)28-20-27-15(10-34-20)11-6-7-13(14(23)8-11)22(24,25)26/h3-8,10,18H,9H2,1-2H3/p+1. The van der Waals surface area contributed by atoms with Crippen LogP contribution in [0.4, 0.5) is 27.5 Å². The SMILES string of the molecule is CN1C(=O)C2C(CC(=O)Nc3nc(-c4ccc(C(F)(F)F)c(F)c4)cs3)=CC=CC2=[N+](C)C1=O. The van der Waals surface area contributed by atoms with Crippen molar-refractivity contribution in [3.8, 4) is 11.3 Å². The third kappa shape index (κ3) is 4.28. The van der Waals surface area contributed by atoms with Gasteiger partial charge in [0.15, 0.2) is 5.13 Å². The lowest BCUT2D eigenvalue weighted by atomic mass is 9.85. The van der Waals surface area contributed by atoms with Crippen LogP contribution >= 0.6 is 11.3 Å². The Morgan fingerprint density at radius 3 is 2.71 bits per heavy atom. The number of urea groups is 1. The van der Waals surface area contributed by atoms with Gasteiger partial charge in [0, 0.05) is 17.4 Å². The minimum atomic E-state index is -4.80. The zero-order valence-electron chi connectivity index (χ0n) is 17.8. The van der Waals surface area contributed by atoms with Gasteiger partial charge in [-0.25, -0.2) is 14.2 Å². The van der Waals surface area contributed by atoms with E-state index in [4.69, 9.17) is 0 Å². The number of nitrogens with one attached hydrogen (secondary N) is 1. The fourth-order valence-electron chi connectivity index (χ4n) is 3.74. The largest absolute Gasteiger partial charge is 0.500 e. The molecule has 1 unspecified atom stereocenters. The van der Waals surface area contributed by atoms with E-state index in [9.17, 15) is 31.9 Å². The zero-order valence-corrected chi connectivity index (χ0v) is 18.6. The first-order valence-corrected chi connectivity index (χ1v) is 10.8. The van der Waals surface area contributed by atoms with Crippen LogP contribution in [0.15, 0.2) is 47.4 Å². The molecule has 0 saturated heterocycles. The van der Waals surface area contributed by atoms with Gasteiger partial charge in [0.1, 0.15) is 17.4 Å². The molecule has 0 fully saturated rings. The van der Waals surface area contributed by atoms with Gasteiger partial charge in [-0.1, -0.05) is 18.2 Å². The number of nitrogens with zero attached hydrogens (tertiary/aromatic N) is 3. The van der Waals surface area contributed by atoms with Crippen LogP contribution in [0.1, 0.15) is 12.0 Å². The maximum absolute atomic E-state index is 13.9. The number of carbonyl (C=O) groups is 3. The molecule has 176 valence electrons. The van der Waals surface area contributed by atoms with Crippen LogP contribution < -0.4 is 5.32 Å². The number of hydrogen-bond acceptors (Lipinski definition) is 5. The van der Waals surface area contributed by atoms with Crippen LogP contribution in [0.5, 0.6) is 0 Å². The van der Waals surface area contributed by atoms with Crippen LogP contribution in [-0.2, 0) is 15.8 Å². The van der Waals surface area contributed by atoms with Crippen molar-refractivity contribution in [3.63, 3.8) is 0 Å². The summed E-state index contributed by atoms with van der Waals surface area (Å²) in [5, 5.41) is 4.23. The number of carbonyl (C=O) groups excluding carboxylic acids is 3. The Morgan fingerprint density at radius 1 is 1.29 bits per heavy atom. The Kier molecular flexibility index (Phi) is 5.94. The molecule has 0 saturated carbocycles. The van der Waals surface area contributed by atoms with Crippen molar-refractivity contribution in [1.29, 1.82) is 0 Å². The summed E-state index contributed by atoms with van der Waals surface area (Å²) in [6, 6.07) is 2.01. The summed E-state index contributed by atoms with van der Waals surface area (Å²) in [7, 11) is 2.91. The fourth-order valence-corrected chi connectivity index (χ4v) is 4.48.